The van der Waals surface area contributed by atoms with E-state index >= 15 is 0 Å². The van der Waals surface area contributed by atoms with Crippen LogP contribution >= 0.6 is 35.6 Å². The van der Waals surface area contributed by atoms with Crippen molar-refractivity contribution >= 4 is 51.9 Å². The molecule has 27 heavy (non-hydrogen) atoms. The third-order valence-corrected chi connectivity index (χ3v) is 5.71. The molecule has 0 radical (unpaired) electrons. The monoisotopic (exact) mass is 412 g/mol. The van der Waals surface area contributed by atoms with E-state index in [9.17, 15) is 4.79 Å². The molecule has 7 heteroatoms. The Bertz CT molecular complexity index is 1050. The molecule has 0 bridgehead atoms. The zero-order valence-electron chi connectivity index (χ0n) is 14.0. The number of halogens is 1. The minimum Gasteiger partial charge on any atom is -0.457 e. The van der Waals surface area contributed by atoms with Gasteiger partial charge in [0, 0.05) is 24.0 Å². The van der Waals surface area contributed by atoms with Gasteiger partial charge >= 0.3 is 0 Å². The summed E-state index contributed by atoms with van der Waals surface area (Å²) in [5.41, 5.74) is 1.78. The van der Waals surface area contributed by atoms with Crippen molar-refractivity contribution in [3.05, 3.63) is 82.2 Å². The second-order valence-electron chi connectivity index (χ2n) is 5.81. The SMILES string of the molecule is O=C1C(=Cc2ccc(-c3ccccc3Cl)o2)SC(=S)N1Cc1ccncc1. The molecule has 0 saturated carbocycles. The van der Waals surface area contributed by atoms with E-state index in [2.05, 4.69) is 4.98 Å². The van der Waals surface area contributed by atoms with Crippen molar-refractivity contribution < 1.29 is 9.21 Å². The lowest BCUT2D eigenvalue weighted by Gasteiger charge is -2.13. The molecule has 0 unspecified atom stereocenters. The molecule has 134 valence electrons. The van der Waals surface area contributed by atoms with E-state index in [4.69, 9.17) is 28.2 Å². The van der Waals surface area contributed by atoms with Crippen LogP contribution in [-0.2, 0) is 11.3 Å². The smallest absolute Gasteiger partial charge is 0.266 e. The van der Waals surface area contributed by atoms with Gasteiger partial charge in [0.05, 0.1) is 16.5 Å². The van der Waals surface area contributed by atoms with Gasteiger partial charge < -0.3 is 4.42 Å². The second kappa shape index (κ2) is 7.68. The number of benzene rings is 1. The molecule has 1 saturated heterocycles. The highest BCUT2D eigenvalue weighted by atomic mass is 35.5. The van der Waals surface area contributed by atoms with Crippen molar-refractivity contribution in [1.82, 2.24) is 9.88 Å². The zero-order chi connectivity index (χ0) is 18.8. The van der Waals surface area contributed by atoms with E-state index in [1.807, 2.05) is 48.5 Å². The number of nitrogens with zero attached hydrogens (tertiary/aromatic N) is 2. The molecular weight excluding hydrogens is 400 g/mol. The van der Waals surface area contributed by atoms with Crippen LogP contribution < -0.4 is 0 Å². The predicted molar refractivity (Wildman–Crippen MR) is 112 cm³/mol. The van der Waals surface area contributed by atoms with E-state index in [0.717, 1.165) is 11.1 Å². The Labute approximate surface area is 170 Å². The van der Waals surface area contributed by atoms with Crippen molar-refractivity contribution in [3.8, 4) is 11.3 Å². The van der Waals surface area contributed by atoms with Crippen molar-refractivity contribution in [2.75, 3.05) is 0 Å². The van der Waals surface area contributed by atoms with E-state index in [1.54, 1.807) is 23.4 Å². The van der Waals surface area contributed by atoms with Gasteiger partial charge in [0.2, 0.25) is 0 Å². The lowest BCUT2D eigenvalue weighted by atomic mass is 10.2. The van der Waals surface area contributed by atoms with Gasteiger partial charge in [0.15, 0.2) is 0 Å². The van der Waals surface area contributed by atoms with E-state index in [-0.39, 0.29) is 5.91 Å². The van der Waals surface area contributed by atoms with Crippen molar-refractivity contribution in [2.24, 2.45) is 0 Å². The molecule has 1 aliphatic heterocycles. The Kier molecular flexibility index (Phi) is 5.11. The van der Waals surface area contributed by atoms with Gasteiger partial charge in [-0.3, -0.25) is 14.7 Å². The summed E-state index contributed by atoms with van der Waals surface area (Å²) >= 11 is 12.9. The van der Waals surface area contributed by atoms with Crippen LogP contribution in [0.2, 0.25) is 5.02 Å². The van der Waals surface area contributed by atoms with E-state index in [1.165, 1.54) is 11.8 Å². The maximum atomic E-state index is 12.7. The number of thioether (sulfide) groups is 1. The molecule has 1 aromatic carbocycles. The Hall–Kier alpha value is -2.41. The van der Waals surface area contributed by atoms with Gasteiger partial charge in [-0.1, -0.05) is 47.7 Å². The average Bonchev–Trinajstić information content (AvgIpc) is 3.23. The summed E-state index contributed by atoms with van der Waals surface area (Å²) in [5.74, 6) is 1.10. The highest BCUT2D eigenvalue weighted by molar-refractivity contribution is 8.26. The first-order valence-corrected chi connectivity index (χ1v) is 9.71. The molecule has 1 amide bonds. The highest BCUT2D eigenvalue weighted by Crippen LogP contribution is 2.35. The first-order chi connectivity index (χ1) is 13.1. The Morgan fingerprint density at radius 1 is 1.15 bits per heavy atom. The van der Waals surface area contributed by atoms with Gasteiger partial charge in [-0.05, 0) is 42.0 Å². The topological polar surface area (TPSA) is 46.3 Å². The zero-order valence-corrected chi connectivity index (χ0v) is 16.4. The van der Waals surface area contributed by atoms with E-state index in [0.29, 0.717) is 32.3 Å². The second-order valence-corrected chi connectivity index (χ2v) is 7.89. The first-order valence-electron chi connectivity index (χ1n) is 8.11. The maximum absolute atomic E-state index is 12.7. The van der Waals surface area contributed by atoms with Crippen LogP contribution in [0.25, 0.3) is 17.4 Å². The van der Waals surface area contributed by atoms with Gasteiger partial charge in [-0.25, -0.2) is 0 Å². The average molecular weight is 413 g/mol. The quantitative estimate of drug-likeness (QED) is 0.424. The fraction of sp³-hybridized carbons (Fsp3) is 0.0500. The normalized spacial score (nSPS) is 15.7. The summed E-state index contributed by atoms with van der Waals surface area (Å²) in [6.45, 7) is 0.424. The molecule has 0 spiro atoms. The molecule has 3 heterocycles. The number of thiocarbonyl (C=S) groups is 1. The first kappa shape index (κ1) is 18.0. The summed E-state index contributed by atoms with van der Waals surface area (Å²) in [6, 6.07) is 14.8. The molecule has 1 fully saturated rings. The van der Waals surface area contributed by atoms with Crippen molar-refractivity contribution in [2.45, 2.75) is 6.54 Å². The van der Waals surface area contributed by atoms with Crippen LogP contribution in [-0.4, -0.2) is 20.1 Å². The minimum atomic E-state index is -0.127. The van der Waals surface area contributed by atoms with E-state index < -0.39 is 0 Å². The molecule has 3 aromatic rings. The molecular formula is C20H13ClN2O2S2. The molecule has 0 N–H and O–H groups in total. The standard InChI is InChI=1S/C20H13ClN2O2S2/c21-16-4-2-1-3-15(16)17-6-5-14(25-17)11-18-19(24)23(20(26)27-18)12-13-7-9-22-10-8-13/h1-11H,12H2. The fourth-order valence-electron chi connectivity index (χ4n) is 2.67. The predicted octanol–water partition coefficient (Wildman–Crippen LogP) is 5.40. The van der Waals surface area contributed by atoms with Crippen LogP contribution in [0, 0.1) is 0 Å². The highest BCUT2D eigenvalue weighted by Gasteiger charge is 2.32. The molecule has 4 nitrogen and oxygen atoms in total. The van der Waals surface area contributed by atoms with Crippen LogP contribution in [0.5, 0.6) is 0 Å². The number of carbonyl (C=O) groups excluding carboxylic acids is 1. The van der Waals surface area contributed by atoms with Crippen LogP contribution in [0.1, 0.15) is 11.3 Å². The largest absolute Gasteiger partial charge is 0.457 e. The lowest BCUT2D eigenvalue weighted by Crippen LogP contribution is -2.27. The summed E-state index contributed by atoms with van der Waals surface area (Å²) < 4.78 is 6.38. The summed E-state index contributed by atoms with van der Waals surface area (Å²) in [5, 5.41) is 0.613. The Balaban J connectivity index is 1.56. The third kappa shape index (κ3) is 3.83. The van der Waals surface area contributed by atoms with Gasteiger partial charge in [0.25, 0.3) is 5.91 Å². The maximum Gasteiger partial charge on any atom is 0.266 e. The van der Waals surface area contributed by atoms with Crippen molar-refractivity contribution in [3.63, 3.8) is 0 Å². The van der Waals surface area contributed by atoms with Crippen LogP contribution in [0.15, 0.2) is 70.2 Å². The molecule has 4 rings (SSSR count). The summed E-state index contributed by atoms with van der Waals surface area (Å²) in [6.07, 6.45) is 5.11. The number of hydrogen-bond donors (Lipinski definition) is 0. The number of carbonyl (C=O) groups is 1. The van der Waals surface area contributed by atoms with Crippen LogP contribution in [0.4, 0.5) is 0 Å². The molecule has 0 atom stereocenters. The number of pyridine rings is 1. The van der Waals surface area contributed by atoms with Crippen LogP contribution in [0.3, 0.4) is 0 Å². The number of aromatic nitrogens is 1. The molecule has 0 aliphatic carbocycles. The molecule has 1 aliphatic rings. The third-order valence-electron chi connectivity index (χ3n) is 4.00. The molecule has 2 aromatic heterocycles. The van der Waals surface area contributed by atoms with Crippen molar-refractivity contribution in [1.29, 1.82) is 0 Å². The number of furan rings is 1. The van der Waals surface area contributed by atoms with Gasteiger partial charge in [0.1, 0.15) is 15.8 Å². The Morgan fingerprint density at radius 3 is 2.70 bits per heavy atom. The summed E-state index contributed by atoms with van der Waals surface area (Å²) in [4.78, 5) is 18.8. The summed E-state index contributed by atoms with van der Waals surface area (Å²) in [7, 11) is 0. The Morgan fingerprint density at radius 2 is 1.93 bits per heavy atom. The number of rotatable bonds is 4. The number of amides is 1. The van der Waals surface area contributed by atoms with Gasteiger partial charge in [-0.2, -0.15) is 0 Å². The lowest BCUT2D eigenvalue weighted by molar-refractivity contribution is -0.122. The number of hydrogen-bond acceptors (Lipinski definition) is 5. The fourth-order valence-corrected chi connectivity index (χ4v) is 4.14. The van der Waals surface area contributed by atoms with Gasteiger partial charge in [-0.15, -0.1) is 0 Å². The minimum absolute atomic E-state index is 0.127.